The van der Waals surface area contributed by atoms with Crippen molar-refractivity contribution in [3.8, 4) is 11.5 Å². The molecule has 0 atom stereocenters. The third-order valence-corrected chi connectivity index (χ3v) is 4.16. The van der Waals surface area contributed by atoms with E-state index in [-0.39, 0.29) is 12.5 Å². The van der Waals surface area contributed by atoms with E-state index in [1.54, 1.807) is 32.4 Å². The van der Waals surface area contributed by atoms with Crippen molar-refractivity contribution < 1.29 is 14.3 Å². The predicted molar refractivity (Wildman–Crippen MR) is 95.5 cm³/mol. The summed E-state index contributed by atoms with van der Waals surface area (Å²) in [6.07, 6.45) is 0. The van der Waals surface area contributed by atoms with Crippen LogP contribution < -0.4 is 20.1 Å². The van der Waals surface area contributed by atoms with Gasteiger partial charge >= 0.3 is 0 Å². The minimum atomic E-state index is -0.162. The van der Waals surface area contributed by atoms with Crippen LogP contribution >= 0.6 is 15.9 Å². The van der Waals surface area contributed by atoms with Crippen molar-refractivity contribution in [3.63, 3.8) is 0 Å². The summed E-state index contributed by atoms with van der Waals surface area (Å²) in [7, 11) is 3.13. The van der Waals surface area contributed by atoms with Gasteiger partial charge in [0.2, 0.25) is 5.91 Å². The number of methoxy groups -OCH3 is 2. The van der Waals surface area contributed by atoms with Crippen LogP contribution in [0, 0.1) is 6.92 Å². The quantitative estimate of drug-likeness (QED) is 0.801. The molecule has 0 aliphatic heterocycles. The summed E-state index contributed by atoms with van der Waals surface area (Å²) in [4.78, 5) is 12.1. The third kappa shape index (κ3) is 4.63. The minimum Gasteiger partial charge on any atom is -0.497 e. The standard InChI is InChI=1S/C17H19BrN2O3/c1-11-4-5-12(8-14(11)18)19-10-17(21)20-15-7-6-13(22-2)9-16(15)23-3/h4-9,19H,10H2,1-3H3,(H,20,21). The molecule has 0 spiro atoms. The number of anilines is 2. The smallest absolute Gasteiger partial charge is 0.243 e. The molecule has 0 aliphatic rings. The highest BCUT2D eigenvalue weighted by Crippen LogP contribution is 2.29. The minimum absolute atomic E-state index is 0.157. The van der Waals surface area contributed by atoms with Crippen LogP contribution in [0.15, 0.2) is 40.9 Å². The predicted octanol–water partition coefficient (Wildman–Crippen LogP) is 3.83. The molecule has 6 heteroatoms. The first-order valence-corrected chi connectivity index (χ1v) is 7.84. The first-order chi connectivity index (χ1) is 11.0. The lowest BCUT2D eigenvalue weighted by molar-refractivity contribution is -0.114. The van der Waals surface area contributed by atoms with E-state index in [1.807, 2.05) is 25.1 Å². The first-order valence-electron chi connectivity index (χ1n) is 7.05. The van der Waals surface area contributed by atoms with Gasteiger partial charge in [0.15, 0.2) is 0 Å². The van der Waals surface area contributed by atoms with Gasteiger partial charge < -0.3 is 20.1 Å². The molecule has 0 heterocycles. The van der Waals surface area contributed by atoms with E-state index in [4.69, 9.17) is 9.47 Å². The van der Waals surface area contributed by atoms with Gasteiger partial charge in [0, 0.05) is 16.2 Å². The van der Waals surface area contributed by atoms with Crippen molar-refractivity contribution in [2.24, 2.45) is 0 Å². The number of hydrogen-bond acceptors (Lipinski definition) is 4. The molecule has 2 N–H and O–H groups in total. The van der Waals surface area contributed by atoms with Crippen molar-refractivity contribution >= 4 is 33.2 Å². The summed E-state index contributed by atoms with van der Waals surface area (Å²) in [5, 5.41) is 5.90. The monoisotopic (exact) mass is 378 g/mol. The molecule has 2 aromatic carbocycles. The molecule has 0 bridgehead atoms. The summed E-state index contributed by atoms with van der Waals surface area (Å²) < 4.78 is 11.4. The maximum absolute atomic E-state index is 12.1. The molecule has 0 aromatic heterocycles. The lowest BCUT2D eigenvalue weighted by Gasteiger charge is -2.12. The molecule has 1 amide bonds. The molecule has 0 radical (unpaired) electrons. The van der Waals surface area contributed by atoms with Crippen molar-refractivity contribution in [2.45, 2.75) is 6.92 Å². The average Bonchev–Trinajstić information content (AvgIpc) is 2.56. The van der Waals surface area contributed by atoms with E-state index in [0.717, 1.165) is 15.7 Å². The number of carbonyl (C=O) groups excluding carboxylic acids is 1. The van der Waals surface area contributed by atoms with Gasteiger partial charge in [-0.25, -0.2) is 0 Å². The summed E-state index contributed by atoms with van der Waals surface area (Å²) in [6.45, 7) is 2.17. The molecule has 0 aliphatic carbocycles. The molecule has 23 heavy (non-hydrogen) atoms. The van der Waals surface area contributed by atoms with E-state index in [9.17, 15) is 4.79 Å². The zero-order valence-electron chi connectivity index (χ0n) is 13.3. The van der Waals surface area contributed by atoms with Crippen LogP contribution in [-0.4, -0.2) is 26.7 Å². The maximum Gasteiger partial charge on any atom is 0.243 e. The lowest BCUT2D eigenvalue weighted by Crippen LogP contribution is -2.22. The Morgan fingerprint density at radius 3 is 2.57 bits per heavy atom. The number of benzene rings is 2. The fraction of sp³-hybridized carbons (Fsp3) is 0.235. The molecular weight excluding hydrogens is 360 g/mol. The molecule has 2 rings (SSSR count). The van der Waals surface area contributed by atoms with Gasteiger partial charge in [-0.2, -0.15) is 0 Å². The Kier molecular flexibility index (Phi) is 5.87. The second-order valence-corrected chi connectivity index (χ2v) is 5.79. The Morgan fingerprint density at radius 1 is 1.13 bits per heavy atom. The molecule has 0 saturated heterocycles. The number of aryl methyl sites for hydroxylation is 1. The van der Waals surface area contributed by atoms with E-state index in [0.29, 0.717) is 17.2 Å². The van der Waals surface area contributed by atoms with Crippen LogP contribution in [0.2, 0.25) is 0 Å². The van der Waals surface area contributed by atoms with Crippen molar-refractivity contribution in [1.82, 2.24) is 0 Å². The normalized spacial score (nSPS) is 10.1. The van der Waals surface area contributed by atoms with Gasteiger partial charge in [0.25, 0.3) is 0 Å². The maximum atomic E-state index is 12.1. The van der Waals surface area contributed by atoms with Gasteiger partial charge in [0.1, 0.15) is 11.5 Å². The number of rotatable bonds is 6. The molecule has 122 valence electrons. The molecule has 0 fully saturated rings. The zero-order valence-corrected chi connectivity index (χ0v) is 14.9. The van der Waals surface area contributed by atoms with Crippen molar-refractivity contribution in [3.05, 3.63) is 46.4 Å². The summed E-state index contributed by atoms with van der Waals surface area (Å²) in [6, 6.07) is 11.1. The van der Waals surface area contributed by atoms with Crippen LogP contribution in [0.25, 0.3) is 0 Å². The van der Waals surface area contributed by atoms with Crippen LogP contribution in [0.1, 0.15) is 5.56 Å². The summed E-state index contributed by atoms with van der Waals surface area (Å²) >= 11 is 3.47. The van der Waals surface area contributed by atoms with Crippen molar-refractivity contribution in [1.29, 1.82) is 0 Å². The zero-order chi connectivity index (χ0) is 16.8. The second kappa shape index (κ2) is 7.87. The molecular formula is C17H19BrN2O3. The highest BCUT2D eigenvalue weighted by Gasteiger charge is 2.09. The SMILES string of the molecule is COc1ccc(NC(=O)CNc2ccc(C)c(Br)c2)c(OC)c1. The molecule has 0 unspecified atom stereocenters. The fourth-order valence-electron chi connectivity index (χ4n) is 1.98. The van der Waals surface area contributed by atoms with Gasteiger partial charge in [-0.15, -0.1) is 0 Å². The van der Waals surface area contributed by atoms with Gasteiger partial charge in [-0.1, -0.05) is 22.0 Å². The number of hydrogen-bond donors (Lipinski definition) is 2. The third-order valence-electron chi connectivity index (χ3n) is 3.31. The number of halogens is 1. The number of amides is 1. The largest absolute Gasteiger partial charge is 0.497 e. The summed E-state index contributed by atoms with van der Waals surface area (Å²) in [5.41, 5.74) is 2.62. The fourth-order valence-corrected chi connectivity index (χ4v) is 2.36. The number of ether oxygens (including phenoxy) is 2. The highest BCUT2D eigenvalue weighted by molar-refractivity contribution is 9.10. The van der Waals surface area contributed by atoms with E-state index in [1.165, 1.54) is 0 Å². The number of nitrogens with one attached hydrogen (secondary N) is 2. The number of carbonyl (C=O) groups is 1. The molecule has 5 nitrogen and oxygen atoms in total. The first kappa shape index (κ1) is 17.1. The summed E-state index contributed by atoms with van der Waals surface area (Å²) in [5.74, 6) is 1.06. The molecule has 0 saturated carbocycles. The average molecular weight is 379 g/mol. The van der Waals surface area contributed by atoms with E-state index >= 15 is 0 Å². The Bertz CT molecular complexity index is 704. The van der Waals surface area contributed by atoms with E-state index in [2.05, 4.69) is 26.6 Å². The van der Waals surface area contributed by atoms with Crippen LogP contribution in [-0.2, 0) is 4.79 Å². The van der Waals surface area contributed by atoms with E-state index < -0.39 is 0 Å². The highest BCUT2D eigenvalue weighted by atomic mass is 79.9. The van der Waals surface area contributed by atoms with Crippen LogP contribution in [0.3, 0.4) is 0 Å². The Morgan fingerprint density at radius 2 is 1.91 bits per heavy atom. The Balaban J connectivity index is 1.98. The van der Waals surface area contributed by atoms with Crippen LogP contribution in [0.4, 0.5) is 11.4 Å². The van der Waals surface area contributed by atoms with Crippen molar-refractivity contribution in [2.75, 3.05) is 31.4 Å². The Hall–Kier alpha value is -2.21. The van der Waals surface area contributed by atoms with Gasteiger partial charge in [-0.3, -0.25) is 4.79 Å². The second-order valence-electron chi connectivity index (χ2n) is 4.93. The lowest BCUT2D eigenvalue weighted by atomic mass is 10.2. The topological polar surface area (TPSA) is 59.6 Å². The van der Waals surface area contributed by atoms with Gasteiger partial charge in [-0.05, 0) is 36.8 Å². The van der Waals surface area contributed by atoms with Crippen LogP contribution in [0.5, 0.6) is 11.5 Å². The van der Waals surface area contributed by atoms with Gasteiger partial charge in [0.05, 0.1) is 26.5 Å². The molecule has 2 aromatic rings. The Labute approximate surface area is 144 Å².